The molecule has 0 unspecified atom stereocenters. The zero-order chi connectivity index (χ0) is 38.3. The molecule has 2 aliphatic rings. The van der Waals surface area contributed by atoms with Gasteiger partial charge in [-0.05, 0) is 61.2 Å². The maximum atomic E-state index is 14.5. The van der Waals surface area contributed by atoms with E-state index < -0.39 is 104 Å². The molecule has 0 spiro atoms. The van der Waals surface area contributed by atoms with Crippen LogP contribution in [0.1, 0.15) is 36.0 Å². The maximum absolute atomic E-state index is 14.5. The Balaban J connectivity index is 1.55. The highest BCUT2D eigenvalue weighted by Crippen LogP contribution is 2.54. The van der Waals surface area contributed by atoms with Gasteiger partial charge in [-0.3, -0.25) is 9.59 Å². The second-order valence-corrected chi connectivity index (χ2v) is 14.8. The predicted molar refractivity (Wildman–Crippen MR) is 164 cm³/mol. The van der Waals surface area contributed by atoms with Crippen molar-refractivity contribution < 1.29 is 67.4 Å². The molecule has 52 heavy (non-hydrogen) atoms. The second kappa shape index (κ2) is 14.3. The van der Waals surface area contributed by atoms with E-state index >= 15 is 0 Å². The van der Waals surface area contributed by atoms with Crippen molar-refractivity contribution in [2.24, 2.45) is 5.92 Å². The van der Waals surface area contributed by atoms with Crippen LogP contribution in [0.15, 0.2) is 71.6 Å². The summed E-state index contributed by atoms with van der Waals surface area (Å²) in [5, 5.41) is 9.13. The van der Waals surface area contributed by atoms with E-state index in [0.29, 0.717) is 24.3 Å². The standard InChI is InChI=1S/C34H31F9N2O6S/c35-24-8-10-25(11-9-24)52(49,50)31(14-17-45(20-31)30(48)21-12-15-44(16-13-21)29(47)18-46)22-4-6-23(7-5-22)32(33(38,39)40,34(41,42)43)51-19-26-27(36)2-1-3-28(26)37/h1-11,21,46H,12-20H2/t31-/m0/s1. The highest BCUT2D eigenvalue weighted by molar-refractivity contribution is 7.92. The third-order valence-electron chi connectivity index (χ3n) is 9.62. The van der Waals surface area contributed by atoms with Gasteiger partial charge in [-0.2, -0.15) is 26.3 Å². The predicted octanol–water partition coefficient (Wildman–Crippen LogP) is 5.77. The molecule has 5 rings (SSSR count). The van der Waals surface area contributed by atoms with E-state index in [1.807, 2.05) is 0 Å². The summed E-state index contributed by atoms with van der Waals surface area (Å²) >= 11 is 0. The molecule has 0 radical (unpaired) electrons. The molecule has 0 aromatic heterocycles. The minimum Gasteiger partial charge on any atom is -0.387 e. The molecule has 2 amide bonds. The summed E-state index contributed by atoms with van der Waals surface area (Å²) in [6, 6.07) is 7.83. The quantitative estimate of drug-likeness (QED) is 0.219. The molecule has 2 fully saturated rings. The van der Waals surface area contributed by atoms with E-state index in [4.69, 9.17) is 5.11 Å². The number of ether oxygens (including phenoxy) is 1. The van der Waals surface area contributed by atoms with Gasteiger partial charge in [0.25, 0.3) is 5.60 Å². The van der Waals surface area contributed by atoms with Crippen LogP contribution >= 0.6 is 0 Å². The molecule has 282 valence electrons. The van der Waals surface area contributed by atoms with Gasteiger partial charge in [0, 0.05) is 43.2 Å². The van der Waals surface area contributed by atoms with Crippen LogP contribution in [-0.2, 0) is 41.1 Å². The van der Waals surface area contributed by atoms with E-state index in [9.17, 15) is 57.5 Å². The number of piperidine rings is 1. The van der Waals surface area contributed by atoms with Gasteiger partial charge in [-0.1, -0.05) is 30.3 Å². The summed E-state index contributed by atoms with van der Waals surface area (Å²) in [6.07, 6.45) is -12.5. The fourth-order valence-electron chi connectivity index (χ4n) is 6.75. The Morgan fingerprint density at radius 2 is 1.37 bits per heavy atom. The van der Waals surface area contributed by atoms with Crippen molar-refractivity contribution in [3.05, 3.63) is 101 Å². The van der Waals surface area contributed by atoms with Crippen molar-refractivity contribution in [2.45, 2.75) is 53.5 Å². The Kier molecular flexibility index (Phi) is 10.8. The van der Waals surface area contributed by atoms with Crippen molar-refractivity contribution in [2.75, 3.05) is 32.8 Å². The van der Waals surface area contributed by atoms with Crippen LogP contribution in [0.4, 0.5) is 39.5 Å². The van der Waals surface area contributed by atoms with Gasteiger partial charge in [0.1, 0.15) is 28.8 Å². The third kappa shape index (κ3) is 6.87. The summed E-state index contributed by atoms with van der Waals surface area (Å²) in [5.74, 6) is -5.39. The number of rotatable bonds is 9. The van der Waals surface area contributed by atoms with Gasteiger partial charge < -0.3 is 19.6 Å². The number of hydrogen-bond donors (Lipinski definition) is 1. The number of carbonyl (C=O) groups is 2. The number of benzene rings is 3. The SMILES string of the molecule is O=C(CO)N1CCC(C(=O)N2CC[C@](c3ccc(C(OCc4c(F)cccc4F)(C(F)(F)F)C(F)(F)F)cc3)(S(=O)(=O)c3ccc(F)cc3)C2)CC1. The molecular weight excluding hydrogens is 735 g/mol. The number of nitrogens with zero attached hydrogens (tertiary/aromatic N) is 2. The molecule has 0 aliphatic carbocycles. The van der Waals surface area contributed by atoms with Crippen LogP contribution in [0.2, 0.25) is 0 Å². The number of aliphatic hydroxyl groups excluding tert-OH is 1. The van der Waals surface area contributed by atoms with Crippen LogP contribution in [0.5, 0.6) is 0 Å². The van der Waals surface area contributed by atoms with Crippen molar-refractivity contribution >= 4 is 21.7 Å². The Hall–Kier alpha value is -4.16. The van der Waals surface area contributed by atoms with Crippen LogP contribution in [0.25, 0.3) is 0 Å². The minimum absolute atomic E-state index is 0.135. The molecule has 1 atom stereocenters. The smallest absolute Gasteiger partial charge is 0.387 e. The molecule has 2 aliphatic heterocycles. The highest BCUT2D eigenvalue weighted by Gasteiger charge is 2.73. The van der Waals surface area contributed by atoms with Gasteiger partial charge in [0.05, 0.1) is 11.5 Å². The van der Waals surface area contributed by atoms with Gasteiger partial charge in [0.15, 0.2) is 9.84 Å². The number of hydrogen-bond acceptors (Lipinski definition) is 6. The monoisotopic (exact) mass is 766 g/mol. The first-order chi connectivity index (χ1) is 24.3. The van der Waals surface area contributed by atoms with Crippen molar-refractivity contribution in [1.82, 2.24) is 9.80 Å². The molecule has 1 N–H and O–H groups in total. The largest absolute Gasteiger partial charge is 0.430 e. The summed E-state index contributed by atoms with van der Waals surface area (Å²) in [5.41, 5.74) is -8.18. The molecule has 3 aromatic carbocycles. The Morgan fingerprint density at radius 3 is 1.88 bits per heavy atom. The lowest BCUT2D eigenvalue weighted by atomic mass is 9.88. The van der Waals surface area contributed by atoms with Gasteiger partial charge in [-0.15, -0.1) is 0 Å². The topological polar surface area (TPSA) is 104 Å². The van der Waals surface area contributed by atoms with Crippen molar-refractivity contribution in [3.63, 3.8) is 0 Å². The van der Waals surface area contributed by atoms with Gasteiger partial charge in [0.2, 0.25) is 11.8 Å². The first-order valence-electron chi connectivity index (χ1n) is 15.8. The third-order valence-corrected chi connectivity index (χ3v) is 12.1. The lowest BCUT2D eigenvalue weighted by Crippen LogP contribution is -2.56. The Labute approximate surface area is 291 Å². The molecular formula is C34H31F9N2O6S. The molecule has 0 saturated carbocycles. The van der Waals surface area contributed by atoms with Crippen molar-refractivity contribution in [1.29, 1.82) is 0 Å². The summed E-state index contributed by atoms with van der Waals surface area (Å²) < 4.78 is 160. The van der Waals surface area contributed by atoms with E-state index in [1.165, 1.54) is 9.80 Å². The Bertz CT molecular complexity index is 1860. The number of amides is 2. The zero-order valence-corrected chi connectivity index (χ0v) is 27.8. The zero-order valence-electron chi connectivity index (χ0n) is 27.0. The lowest BCUT2D eigenvalue weighted by Gasteiger charge is -2.38. The second-order valence-electron chi connectivity index (χ2n) is 12.5. The number of alkyl halides is 6. The molecule has 18 heteroatoms. The van der Waals surface area contributed by atoms with E-state index in [0.717, 1.165) is 42.5 Å². The van der Waals surface area contributed by atoms with Gasteiger partial charge in [-0.25, -0.2) is 21.6 Å². The van der Waals surface area contributed by atoms with Crippen molar-refractivity contribution in [3.8, 4) is 0 Å². The number of sulfone groups is 1. The Morgan fingerprint density at radius 1 is 0.808 bits per heavy atom. The van der Waals surface area contributed by atoms with Crippen LogP contribution in [0, 0.1) is 23.4 Å². The molecule has 3 aromatic rings. The number of halogens is 9. The fraction of sp³-hybridized carbons (Fsp3) is 0.412. The first-order valence-corrected chi connectivity index (χ1v) is 17.3. The average molecular weight is 767 g/mol. The summed E-state index contributed by atoms with van der Waals surface area (Å²) in [6.45, 7) is -3.01. The fourth-order valence-corrected chi connectivity index (χ4v) is 8.83. The summed E-state index contributed by atoms with van der Waals surface area (Å²) in [7, 11) is -4.65. The van der Waals surface area contributed by atoms with E-state index in [-0.39, 0.29) is 44.5 Å². The minimum atomic E-state index is -6.25. The van der Waals surface area contributed by atoms with E-state index in [2.05, 4.69) is 4.74 Å². The maximum Gasteiger partial charge on any atom is 0.430 e. The number of aliphatic hydroxyl groups is 1. The van der Waals surface area contributed by atoms with Crippen LogP contribution in [0.3, 0.4) is 0 Å². The average Bonchev–Trinajstić information content (AvgIpc) is 3.56. The van der Waals surface area contributed by atoms with Crippen LogP contribution in [-0.4, -0.2) is 80.3 Å². The molecule has 2 heterocycles. The molecule has 8 nitrogen and oxygen atoms in total. The highest BCUT2D eigenvalue weighted by atomic mass is 32.2. The van der Waals surface area contributed by atoms with Gasteiger partial charge >= 0.3 is 12.4 Å². The number of carbonyl (C=O) groups excluding carboxylic acids is 2. The summed E-state index contributed by atoms with van der Waals surface area (Å²) in [4.78, 5) is 27.6. The number of likely N-dealkylation sites (tertiary alicyclic amines) is 2. The lowest BCUT2D eigenvalue weighted by molar-refractivity contribution is -0.392. The molecule has 0 bridgehead atoms. The molecule has 2 saturated heterocycles. The van der Waals surface area contributed by atoms with Crippen LogP contribution < -0.4 is 0 Å². The first kappa shape index (κ1) is 39.1. The normalized spacial score (nSPS) is 19.3. The van der Waals surface area contributed by atoms with E-state index in [1.54, 1.807) is 0 Å².